The summed E-state index contributed by atoms with van der Waals surface area (Å²) in [6.07, 6.45) is 2.42. The van der Waals surface area contributed by atoms with E-state index in [2.05, 4.69) is 18.7 Å². The Morgan fingerprint density at radius 1 is 1.57 bits per heavy atom. The lowest BCUT2D eigenvalue weighted by Crippen LogP contribution is -2.50. The zero-order valence-electron chi connectivity index (χ0n) is 9.12. The third-order valence-electron chi connectivity index (χ3n) is 2.80. The molecular weight excluding hydrogens is 178 g/mol. The summed E-state index contributed by atoms with van der Waals surface area (Å²) in [6.45, 7) is 7.13. The molecule has 1 saturated heterocycles. The molecule has 0 saturated carbocycles. The number of nitrogens with two attached hydrogens (primary N) is 2. The molecule has 1 aliphatic heterocycles. The molecule has 0 aliphatic carbocycles. The van der Waals surface area contributed by atoms with Crippen LogP contribution < -0.4 is 11.5 Å². The number of nitrogens with zero attached hydrogens (tertiary/aromatic N) is 1. The van der Waals surface area contributed by atoms with Crippen molar-refractivity contribution < 1.29 is 4.79 Å². The SMILES string of the molecule is CC1(C)CCCN(CC(N)C(N)=O)C1. The number of hydrogen-bond donors (Lipinski definition) is 2. The summed E-state index contributed by atoms with van der Waals surface area (Å²) < 4.78 is 0. The second-order valence-corrected chi connectivity index (χ2v) is 5.01. The van der Waals surface area contributed by atoms with Crippen molar-refractivity contribution in [3.63, 3.8) is 0 Å². The van der Waals surface area contributed by atoms with Gasteiger partial charge < -0.3 is 16.4 Å². The summed E-state index contributed by atoms with van der Waals surface area (Å²) >= 11 is 0. The maximum absolute atomic E-state index is 10.8. The molecule has 1 rings (SSSR count). The maximum atomic E-state index is 10.8. The van der Waals surface area contributed by atoms with Gasteiger partial charge in [-0.15, -0.1) is 0 Å². The van der Waals surface area contributed by atoms with Crippen LogP contribution in [0.4, 0.5) is 0 Å². The van der Waals surface area contributed by atoms with Crippen molar-refractivity contribution in [3.8, 4) is 0 Å². The van der Waals surface area contributed by atoms with Crippen molar-refractivity contribution in [3.05, 3.63) is 0 Å². The molecule has 4 nitrogen and oxygen atoms in total. The standard InChI is InChI=1S/C10H21N3O/c1-10(2)4-3-5-13(7-10)6-8(11)9(12)14/h8H,3-7,11H2,1-2H3,(H2,12,14). The molecule has 1 aliphatic rings. The van der Waals surface area contributed by atoms with E-state index in [1.54, 1.807) is 0 Å². The summed E-state index contributed by atoms with van der Waals surface area (Å²) in [4.78, 5) is 13.0. The number of carbonyl (C=O) groups is 1. The Morgan fingerprint density at radius 2 is 2.21 bits per heavy atom. The Labute approximate surface area is 85.6 Å². The first-order valence-corrected chi connectivity index (χ1v) is 5.18. The van der Waals surface area contributed by atoms with Gasteiger partial charge in [0.2, 0.25) is 5.91 Å². The fourth-order valence-corrected chi connectivity index (χ4v) is 2.07. The lowest BCUT2D eigenvalue weighted by molar-refractivity contribution is -0.119. The predicted molar refractivity (Wildman–Crippen MR) is 56.6 cm³/mol. The van der Waals surface area contributed by atoms with Crippen LogP contribution in [0.25, 0.3) is 0 Å². The van der Waals surface area contributed by atoms with E-state index in [1.165, 1.54) is 12.8 Å². The minimum Gasteiger partial charge on any atom is -0.368 e. The Bertz CT molecular complexity index is 215. The first-order chi connectivity index (χ1) is 6.41. The van der Waals surface area contributed by atoms with Gasteiger partial charge in [0.15, 0.2) is 0 Å². The summed E-state index contributed by atoms with van der Waals surface area (Å²) in [5.41, 5.74) is 11.1. The van der Waals surface area contributed by atoms with Gasteiger partial charge in [-0.1, -0.05) is 13.8 Å². The van der Waals surface area contributed by atoms with Crippen molar-refractivity contribution in [1.29, 1.82) is 0 Å². The average Bonchev–Trinajstić information content (AvgIpc) is 2.01. The highest BCUT2D eigenvalue weighted by atomic mass is 16.1. The lowest BCUT2D eigenvalue weighted by atomic mass is 9.84. The van der Waals surface area contributed by atoms with Gasteiger partial charge in [0.05, 0.1) is 6.04 Å². The summed E-state index contributed by atoms with van der Waals surface area (Å²) in [6, 6.07) is -0.524. The zero-order valence-corrected chi connectivity index (χ0v) is 9.12. The molecule has 14 heavy (non-hydrogen) atoms. The van der Waals surface area contributed by atoms with E-state index in [9.17, 15) is 4.79 Å². The van der Waals surface area contributed by atoms with Crippen molar-refractivity contribution in [1.82, 2.24) is 4.90 Å². The van der Waals surface area contributed by atoms with Gasteiger partial charge in [0, 0.05) is 13.1 Å². The van der Waals surface area contributed by atoms with Crippen molar-refractivity contribution in [2.24, 2.45) is 16.9 Å². The van der Waals surface area contributed by atoms with Crippen LogP contribution in [-0.4, -0.2) is 36.5 Å². The normalized spacial score (nSPS) is 24.5. The van der Waals surface area contributed by atoms with Crippen LogP contribution in [0.15, 0.2) is 0 Å². The van der Waals surface area contributed by atoms with Crippen LogP contribution in [-0.2, 0) is 4.79 Å². The third-order valence-corrected chi connectivity index (χ3v) is 2.80. The second kappa shape index (κ2) is 4.28. The molecule has 0 aromatic rings. The molecular formula is C10H21N3O. The third kappa shape index (κ3) is 3.27. The molecule has 0 radical (unpaired) electrons. The zero-order chi connectivity index (χ0) is 10.8. The Balaban J connectivity index is 2.42. The highest BCUT2D eigenvalue weighted by Gasteiger charge is 2.27. The monoisotopic (exact) mass is 199 g/mol. The summed E-state index contributed by atoms with van der Waals surface area (Å²) in [5.74, 6) is -0.409. The smallest absolute Gasteiger partial charge is 0.235 e. The molecule has 0 bridgehead atoms. The van der Waals surface area contributed by atoms with E-state index in [0.29, 0.717) is 12.0 Å². The van der Waals surface area contributed by atoms with Gasteiger partial charge in [-0.2, -0.15) is 0 Å². The predicted octanol–water partition coefficient (Wildman–Crippen LogP) is -0.0790. The second-order valence-electron chi connectivity index (χ2n) is 5.01. The van der Waals surface area contributed by atoms with E-state index < -0.39 is 11.9 Å². The molecule has 0 aromatic carbocycles. The van der Waals surface area contributed by atoms with Crippen LogP contribution in [0.5, 0.6) is 0 Å². The maximum Gasteiger partial charge on any atom is 0.235 e. The van der Waals surface area contributed by atoms with Crippen LogP contribution in [0.2, 0.25) is 0 Å². The molecule has 1 fully saturated rings. The van der Waals surface area contributed by atoms with Gasteiger partial charge in [0.25, 0.3) is 0 Å². The number of rotatable bonds is 3. The molecule has 1 heterocycles. The highest BCUT2D eigenvalue weighted by Crippen LogP contribution is 2.28. The summed E-state index contributed by atoms with van der Waals surface area (Å²) in [7, 11) is 0. The van der Waals surface area contributed by atoms with E-state index in [0.717, 1.165) is 13.1 Å². The number of piperidine rings is 1. The van der Waals surface area contributed by atoms with Gasteiger partial charge in [-0.05, 0) is 24.8 Å². The molecule has 1 amide bonds. The van der Waals surface area contributed by atoms with Crippen molar-refractivity contribution in [2.45, 2.75) is 32.7 Å². The quantitative estimate of drug-likeness (QED) is 0.668. The lowest BCUT2D eigenvalue weighted by Gasteiger charge is -2.38. The van der Waals surface area contributed by atoms with Crippen LogP contribution in [0.3, 0.4) is 0 Å². The van der Waals surface area contributed by atoms with E-state index in [-0.39, 0.29) is 0 Å². The van der Waals surface area contributed by atoms with Gasteiger partial charge in [-0.3, -0.25) is 4.79 Å². The fourth-order valence-electron chi connectivity index (χ4n) is 2.07. The molecule has 4 heteroatoms. The number of carbonyl (C=O) groups excluding carboxylic acids is 1. The van der Waals surface area contributed by atoms with E-state index >= 15 is 0 Å². The first-order valence-electron chi connectivity index (χ1n) is 5.18. The molecule has 1 atom stereocenters. The van der Waals surface area contributed by atoms with Crippen molar-refractivity contribution in [2.75, 3.05) is 19.6 Å². The van der Waals surface area contributed by atoms with Crippen LogP contribution >= 0.6 is 0 Å². The minimum atomic E-state index is -0.524. The van der Waals surface area contributed by atoms with E-state index in [4.69, 9.17) is 11.5 Å². The highest BCUT2D eigenvalue weighted by molar-refractivity contribution is 5.79. The number of primary amides is 1. The molecule has 0 spiro atoms. The Morgan fingerprint density at radius 3 is 2.71 bits per heavy atom. The number of hydrogen-bond acceptors (Lipinski definition) is 3. The number of likely N-dealkylation sites (tertiary alicyclic amines) is 1. The molecule has 4 N–H and O–H groups in total. The van der Waals surface area contributed by atoms with Crippen molar-refractivity contribution >= 4 is 5.91 Å². The van der Waals surface area contributed by atoms with Crippen LogP contribution in [0, 0.1) is 5.41 Å². The van der Waals surface area contributed by atoms with E-state index in [1.807, 2.05) is 0 Å². The first kappa shape index (κ1) is 11.5. The molecule has 0 aromatic heterocycles. The average molecular weight is 199 g/mol. The Hall–Kier alpha value is -0.610. The minimum absolute atomic E-state index is 0.343. The van der Waals surface area contributed by atoms with Crippen LogP contribution in [0.1, 0.15) is 26.7 Å². The number of amides is 1. The molecule has 82 valence electrons. The summed E-state index contributed by atoms with van der Waals surface area (Å²) in [5, 5.41) is 0. The topological polar surface area (TPSA) is 72.3 Å². The largest absolute Gasteiger partial charge is 0.368 e. The van der Waals surface area contributed by atoms with Gasteiger partial charge in [0.1, 0.15) is 0 Å². The van der Waals surface area contributed by atoms with Gasteiger partial charge in [-0.25, -0.2) is 0 Å². The fraction of sp³-hybridized carbons (Fsp3) is 0.900. The van der Waals surface area contributed by atoms with Gasteiger partial charge >= 0.3 is 0 Å². The molecule has 1 unspecified atom stereocenters. The Kier molecular flexibility index (Phi) is 3.50.